The number of rotatable bonds is 5. The van der Waals surface area contributed by atoms with Gasteiger partial charge in [-0.15, -0.1) is 0 Å². The van der Waals surface area contributed by atoms with Crippen molar-refractivity contribution in [2.75, 3.05) is 6.54 Å². The van der Waals surface area contributed by atoms with Crippen LogP contribution in [0.4, 0.5) is 0 Å². The summed E-state index contributed by atoms with van der Waals surface area (Å²) in [5, 5.41) is 10.7. The SMILES string of the molecule is [CH2][C@@H](Cc1ccccc1)C(=O)NCC(=O)O. The van der Waals surface area contributed by atoms with Crippen LogP contribution in [0.2, 0.25) is 0 Å². The van der Waals surface area contributed by atoms with E-state index in [4.69, 9.17) is 5.11 Å². The van der Waals surface area contributed by atoms with E-state index in [9.17, 15) is 9.59 Å². The second kappa shape index (κ2) is 5.90. The van der Waals surface area contributed by atoms with Gasteiger partial charge in [0.05, 0.1) is 0 Å². The molecule has 0 unspecified atom stereocenters. The standard InChI is InChI=1S/C12H14NO3/c1-9(12(16)13-8-11(14)15)7-10-5-3-2-4-6-10/h2-6,9H,1,7-8H2,(H,13,16)(H,14,15)/t9-/m0/s1. The third-order valence-corrected chi connectivity index (χ3v) is 2.11. The highest BCUT2D eigenvalue weighted by molar-refractivity contribution is 5.83. The Bertz CT molecular complexity index is 362. The lowest BCUT2D eigenvalue weighted by Crippen LogP contribution is -2.34. The molecule has 85 valence electrons. The topological polar surface area (TPSA) is 66.4 Å². The van der Waals surface area contributed by atoms with Crippen LogP contribution in [-0.4, -0.2) is 23.5 Å². The molecule has 16 heavy (non-hydrogen) atoms. The first-order chi connectivity index (χ1) is 7.59. The number of carbonyl (C=O) groups excluding carboxylic acids is 1. The van der Waals surface area contributed by atoms with E-state index >= 15 is 0 Å². The maximum atomic E-state index is 11.4. The van der Waals surface area contributed by atoms with E-state index in [1.54, 1.807) is 0 Å². The predicted molar refractivity (Wildman–Crippen MR) is 59.6 cm³/mol. The summed E-state index contributed by atoms with van der Waals surface area (Å²) in [6, 6.07) is 9.48. The van der Waals surface area contributed by atoms with E-state index in [-0.39, 0.29) is 12.5 Å². The normalized spacial score (nSPS) is 11.8. The zero-order valence-corrected chi connectivity index (χ0v) is 8.85. The molecule has 0 heterocycles. The Hall–Kier alpha value is -1.84. The fourth-order valence-corrected chi connectivity index (χ4v) is 1.30. The molecule has 1 rings (SSSR count). The molecule has 0 aliphatic heterocycles. The van der Waals surface area contributed by atoms with Gasteiger partial charge in [-0.3, -0.25) is 9.59 Å². The average Bonchev–Trinajstić information content (AvgIpc) is 2.27. The summed E-state index contributed by atoms with van der Waals surface area (Å²) >= 11 is 0. The summed E-state index contributed by atoms with van der Waals surface area (Å²) in [5.74, 6) is -1.87. The lowest BCUT2D eigenvalue weighted by molar-refractivity contribution is -0.138. The van der Waals surface area contributed by atoms with E-state index in [0.717, 1.165) is 5.56 Å². The second-order valence-electron chi connectivity index (χ2n) is 3.50. The van der Waals surface area contributed by atoms with Gasteiger partial charge in [-0.2, -0.15) is 0 Å². The molecule has 0 bridgehead atoms. The Morgan fingerprint density at radius 3 is 2.50 bits per heavy atom. The second-order valence-corrected chi connectivity index (χ2v) is 3.50. The van der Waals surface area contributed by atoms with Crippen LogP contribution in [-0.2, 0) is 16.0 Å². The molecule has 0 saturated heterocycles. The van der Waals surface area contributed by atoms with Crippen molar-refractivity contribution < 1.29 is 14.7 Å². The highest BCUT2D eigenvalue weighted by Crippen LogP contribution is 2.07. The molecule has 0 aliphatic carbocycles. The maximum Gasteiger partial charge on any atom is 0.322 e. The number of carboxylic acids is 1. The van der Waals surface area contributed by atoms with Crippen molar-refractivity contribution in [2.45, 2.75) is 6.42 Å². The quantitative estimate of drug-likeness (QED) is 0.774. The van der Waals surface area contributed by atoms with Crippen LogP contribution in [0.3, 0.4) is 0 Å². The van der Waals surface area contributed by atoms with E-state index < -0.39 is 11.9 Å². The Morgan fingerprint density at radius 1 is 1.31 bits per heavy atom. The Morgan fingerprint density at radius 2 is 1.94 bits per heavy atom. The van der Waals surface area contributed by atoms with Crippen LogP contribution in [0.15, 0.2) is 30.3 Å². The van der Waals surface area contributed by atoms with Crippen LogP contribution < -0.4 is 5.32 Å². The van der Waals surface area contributed by atoms with Crippen LogP contribution >= 0.6 is 0 Å². The number of benzene rings is 1. The highest BCUT2D eigenvalue weighted by atomic mass is 16.4. The molecule has 1 aromatic carbocycles. The number of hydrogen-bond acceptors (Lipinski definition) is 2. The minimum absolute atomic E-state index is 0.341. The molecule has 2 N–H and O–H groups in total. The molecular formula is C12H14NO3. The zero-order chi connectivity index (χ0) is 12.0. The fourth-order valence-electron chi connectivity index (χ4n) is 1.30. The Balaban J connectivity index is 2.43. The van der Waals surface area contributed by atoms with E-state index in [0.29, 0.717) is 6.42 Å². The van der Waals surface area contributed by atoms with Crippen molar-refractivity contribution in [1.29, 1.82) is 0 Å². The number of carboxylic acid groups (broad SMARTS) is 1. The van der Waals surface area contributed by atoms with E-state index in [1.807, 2.05) is 30.3 Å². The average molecular weight is 220 g/mol. The van der Waals surface area contributed by atoms with E-state index in [1.165, 1.54) is 0 Å². The van der Waals surface area contributed by atoms with Gasteiger partial charge in [-0.25, -0.2) is 0 Å². The first-order valence-corrected chi connectivity index (χ1v) is 4.96. The van der Waals surface area contributed by atoms with Crippen LogP contribution in [0.1, 0.15) is 5.56 Å². The van der Waals surface area contributed by atoms with Gasteiger partial charge in [0.1, 0.15) is 6.54 Å². The Labute approximate surface area is 94.3 Å². The molecule has 1 amide bonds. The number of amides is 1. The molecular weight excluding hydrogens is 206 g/mol. The largest absolute Gasteiger partial charge is 0.480 e. The van der Waals surface area contributed by atoms with Gasteiger partial charge < -0.3 is 10.4 Å². The monoisotopic (exact) mass is 220 g/mol. The van der Waals surface area contributed by atoms with Crippen LogP contribution in [0, 0.1) is 12.8 Å². The van der Waals surface area contributed by atoms with Gasteiger partial charge in [-0.05, 0) is 18.9 Å². The van der Waals surface area contributed by atoms with Gasteiger partial charge in [0.2, 0.25) is 5.91 Å². The number of carbonyl (C=O) groups is 2. The number of aliphatic carboxylic acids is 1. The lowest BCUT2D eigenvalue weighted by Gasteiger charge is -2.10. The van der Waals surface area contributed by atoms with Crippen molar-refractivity contribution in [1.82, 2.24) is 5.32 Å². The molecule has 1 aromatic rings. The molecule has 0 spiro atoms. The van der Waals surface area contributed by atoms with Gasteiger partial charge in [0.15, 0.2) is 0 Å². The lowest BCUT2D eigenvalue weighted by atomic mass is 10.0. The third-order valence-electron chi connectivity index (χ3n) is 2.11. The maximum absolute atomic E-state index is 11.4. The van der Waals surface area contributed by atoms with Crippen molar-refractivity contribution >= 4 is 11.9 Å². The molecule has 0 fully saturated rings. The smallest absolute Gasteiger partial charge is 0.322 e. The van der Waals surface area contributed by atoms with Gasteiger partial charge >= 0.3 is 5.97 Å². The van der Waals surface area contributed by atoms with Crippen molar-refractivity contribution in [3.8, 4) is 0 Å². The number of nitrogens with one attached hydrogen (secondary N) is 1. The molecule has 0 saturated carbocycles. The summed E-state index contributed by atoms with van der Waals surface area (Å²) in [6.45, 7) is 3.34. The predicted octanol–water partition coefficient (Wildman–Crippen LogP) is 0.880. The molecule has 1 radical (unpaired) electrons. The van der Waals surface area contributed by atoms with Gasteiger partial charge in [0, 0.05) is 5.92 Å². The third kappa shape index (κ3) is 4.13. The summed E-state index contributed by atoms with van der Waals surface area (Å²) < 4.78 is 0. The molecule has 4 heteroatoms. The van der Waals surface area contributed by atoms with Gasteiger partial charge in [0.25, 0.3) is 0 Å². The minimum Gasteiger partial charge on any atom is -0.480 e. The van der Waals surface area contributed by atoms with E-state index in [2.05, 4.69) is 12.2 Å². The van der Waals surface area contributed by atoms with Crippen LogP contribution in [0.25, 0.3) is 0 Å². The van der Waals surface area contributed by atoms with Crippen molar-refractivity contribution in [3.05, 3.63) is 42.8 Å². The minimum atomic E-state index is -1.06. The first kappa shape index (κ1) is 12.2. The fraction of sp³-hybridized carbons (Fsp3) is 0.250. The Kier molecular flexibility index (Phi) is 4.51. The van der Waals surface area contributed by atoms with Crippen LogP contribution in [0.5, 0.6) is 0 Å². The molecule has 4 nitrogen and oxygen atoms in total. The molecule has 0 aliphatic rings. The molecule has 1 atom stereocenters. The first-order valence-electron chi connectivity index (χ1n) is 4.96. The summed E-state index contributed by atoms with van der Waals surface area (Å²) in [5.41, 5.74) is 1.01. The van der Waals surface area contributed by atoms with Gasteiger partial charge in [-0.1, -0.05) is 30.3 Å². The number of hydrogen-bond donors (Lipinski definition) is 2. The zero-order valence-electron chi connectivity index (χ0n) is 8.85. The highest BCUT2D eigenvalue weighted by Gasteiger charge is 2.13. The summed E-state index contributed by atoms with van der Waals surface area (Å²) in [4.78, 5) is 21.7. The summed E-state index contributed by atoms with van der Waals surface area (Å²) in [6.07, 6.45) is 0.506. The summed E-state index contributed by atoms with van der Waals surface area (Å²) in [7, 11) is 0. The molecule has 0 aromatic heterocycles. The van der Waals surface area contributed by atoms with Crippen molar-refractivity contribution in [3.63, 3.8) is 0 Å². The van der Waals surface area contributed by atoms with Crippen molar-refractivity contribution in [2.24, 2.45) is 5.92 Å².